The van der Waals surface area contributed by atoms with Gasteiger partial charge in [-0.2, -0.15) is 34.0 Å². The lowest BCUT2D eigenvalue weighted by Crippen LogP contribution is -2.55. The first-order valence-corrected chi connectivity index (χ1v) is 44.7. The van der Waals surface area contributed by atoms with Gasteiger partial charge in [-0.3, -0.25) is 19.6 Å². The Morgan fingerprint density at radius 1 is 0.372 bits per heavy atom. The number of ether oxygens (including phenoxy) is 3. The molecule has 8 fully saturated rings. The fraction of sp³-hybridized carbons (Fsp3) is 0.570. The number of anilines is 9. The molecule has 8 N–H and O–H groups in total. The van der Waals surface area contributed by atoms with Crippen LogP contribution in [-0.4, -0.2) is 217 Å². The maximum Gasteiger partial charge on any atom is 0.229 e. The second-order valence-corrected chi connectivity index (χ2v) is 39.7. The summed E-state index contributed by atoms with van der Waals surface area (Å²) >= 11 is 11.5. The van der Waals surface area contributed by atoms with Crippen LogP contribution in [0, 0.1) is 40.7 Å². The molecule has 3 aromatic carbocycles. The molecule has 0 amide bonds. The van der Waals surface area contributed by atoms with Crippen LogP contribution in [0.1, 0.15) is 217 Å². The summed E-state index contributed by atoms with van der Waals surface area (Å²) in [5.41, 5.74) is 5.38. The molecule has 0 spiro atoms. The van der Waals surface area contributed by atoms with Crippen molar-refractivity contribution in [3.63, 3.8) is 0 Å². The molecule has 0 unspecified atom stereocenters. The number of tetrazole rings is 3. The highest BCUT2D eigenvalue weighted by atomic mass is 35.5. The summed E-state index contributed by atoms with van der Waals surface area (Å²) in [6.07, 6.45) is 21.8. The Hall–Kier alpha value is -10.9. The van der Waals surface area contributed by atoms with Crippen molar-refractivity contribution >= 4 is 75.4 Å². The average molecular weight is 1830 g/mol. The topological polar surface area (TPSA) is 373 Å². The van der Waals surface area contributed by atoms with Crippen LogP contribution in [-0.2, 0) is 16.8 Å². The third-order valence-electron chi connectivity index (χ3n) is 26.5. The van der Waals surface area contributed by atoms with Gasteiger partial charge in [-0.15, -0.1) is 15.3 Å². The predicted octanol–water partition coefficient (Wildman–Crippen LogP) is 15.0. The SMILES string of the molecule is CC1(C)C[C@@H](Nc2nc(Cl)ncc2F)C[C@H]2CCCN21.CC1(C)C[C@H](Nc2nc(Cl)ncc2F)C[C@@H]2CCCN21.CC1(C)Oc2c(F)cc(Nc3ncc(F)c(N[C@@H]4C[C@@H]5CCCN5C(C)(C)C4)n3)cc2-n2nnnc21.CC1(C)Oc2c(F)cc(Nc3ncc(F)c(N[C@H]4C[C@H]5CCCN5C(C)(C)C4)n3)cc2-n2nnnc21.CC1(C)Oc2cc(F)c(N)cc2-n2nnnc21. The van der Waals surface area contributed by atoms with Crippen molar-refractivity contribution < 1.29 is 44.9 Å². The van der Waals surface area contributed by atoms with E-state index in [-0.39, 0.29) is 109 Å². The number of halogens is 9. The summed E-state index contributed by atoms with van der Waals surface area (Å²) in [4.78, 5) is 42.4. The standard InChI is InChI=1S/2C24H29F2N9O.2C14H20ClFN4.C10H10FN5O/c2*1-23(2)11-14(8-15-6-5-7-34(15)23)28-20-17(26)12-27-22(30-20)29-13-9-16(25)19-18(10-13)35-21(31-32-33-35)24(3,4)36-19;2*1-14(2)7-9(6-10-4-3-5-20(10)14)18-12-11(16)8-17-13(15)19-12;1-10(2)9-13-14-15-16(9)7-4-6(12)5(11)3-8(7)17-10/h2*9-10,12,14-15H,5-8,11H2,1-4H3,(H2,27,28,29,30);2*8-10H,3-7H2,1-2H3,(H,17,18,19);3-4H,12H2,1-2H3/t2*14-,15+;2*9-,10+;/m1010./s1. The number of nitrogens with zero attached hydrogens (tertiary/aromatic N) is 24. The molecule has 7 aromatic heterocycles. The highest BCUT2D eigenvalue weighted by molar-refractivity contribution is 6.28. The largest absolute Gasteiger partial charge is 0.477 e. The number of hydrogen-bond donors (Lipinski definition) is 7. The van der Waals surface area contributed by atoms with Gasteiger partial charge < -0.3 is 51.8 Å². The first kappa shape index (κ1) is 90.1. The number of nitrogens with two attached hydrogens (primary N) is 1. The van der Waals surface area contributed by atoms with Crippen molar-refractivity contribution in [2.45, 2.75) is 287 Å². The molecule has 129 heavy (non-hydrogen) atoms. The van der Waals surface area contributed by atoms with Crippen LogP contribution in [0.15, 0.2) is 61.2 Å². The summed E-state index contributed by atoms with van der Waals surface area (Å²) < 4.78 is 122. The van der Waals surface area contributed by atoms with E-state index in [0.717, 1.165) is 102 Å². The van der Waals surface area contributed by atoms with Crippen molar-refractivity contribution in [1.29, 1.82) is 0 Å². The fourth-order valence-corrected chi connectivity index (χ4v) is 21.5. The zero-order chi connectivity index (χ0) is 91.3. The van der Waals surface area contributed by atoms with Crippen LogP contribution >= 0.6 is 23.2 Å². The minimum atomic E-state index is -0.893. The number of rotatable bonds is 12. The van der Waals surface area contributed by atoms with Crippen LogP contribution in [0.25, 0.3) is 17.1 Å². The number of nitrogens with one attached hydrogen (secondary N) is 6. The van der Waals surface area contributed by atoms with Crippen molar-refractivity contribution in [3.05, 3.63) is 130 Å². The molecular formula is C86H108Cl2F7N31O3. The number of fused-ring (bicyclic) bond motifs is 13. The Bertz CT molecular complexity index is 5530. The van der Waals surface area contributed by atoms with E-state index in [0.29, 0.717) is 75.8 Å². The van der Waals surface area contributed by atoms with E-state index in [2.05, 4.69) is 193 Å². The molecule has 11 aliphatic heterocycles. The van der Waals surface area contributed by atoms with E-state index in [1.165, 1.54) is 89.9 Å². The van der Waals surface area contributed by atoms with Crippen molar-refractivity contribution in [3.8, 4) is 34.3 Å². The van der Waals surface area contributed by atoms with Gasteiger partial charge in [0.15, 0.2) is 104 Å². The number of piperidine rings is 4. The smallest absolute Gasteiger partial charge is 0.229 e. The van der Waals surface area contributed by atoms with Gasteiger partial charge in [0.25, 0.3) is 0 Å². The van der Waals surface area contributed by atoms with Crippen LogP contribution in [0.4, 0.5) is 83.0 Å². The molecule has 0 radical (unpaired) electrons. The molecular weight excluding hydrogens is 1720 g/mol. The van der Waals surface area contributed by atoms with Gasteiger partial charge in [-0.05, 0) is 299 Å². The monoisotopic (exact) mass is 1830 g/mol. The molecule has 0 saturated carbocycles. The van der Waals surface area contributed by atoms with E-state index in [4.69, 9.17) is 43.1 Å². The van der Waals surface area contributed by atoms with Gasteiger partial charge in [0, 0.05) is 100 Å². The maximum absolute atomic E-state index is 15.0. The third-order valence-corrected chi connectivity index (χ3v) is 26.9. The Labute approximate surface area is 751 Å². The minimum Gasteiger partial charge on any atom is -0.477 e. The molecule has 8 saturated heterocycles. The Balaban J connectivity index is 0.000000117. The van der Waals surface area contributed by atoms with Gasteiger partial charge in [-0.25, -0.2) is 50.7 Å². The summed E-state index contributed by atoms with van der Waals surface area (Å²) in [5.74, 6) is -0.722. The lowest BCUT2D eigenvalue weighted by Gasteiger charge is -2.47. The van der Waals surface area contributed by atoms with E-state index >= 15 is 8.78 Å². The van der Waals surface area contributed by atoms with Crippen molar-refractivity contribution in [1.82, 2.24) is 120 Å². The summed E-state index contributed by atoms with van der Waals surface area (Å²) in [5, 5.41) is 54.0. The third kappa shape index (κ3) is 18.7. The Kier molecular flexibility index (Phi) is 24.3. The van der Waals surface area contributed by atoms with Crippen LogP contribution < -0.4 is 51.8 Å². The minimum absolute atomic E-state index is 0.0357. The summed E-state index contributed by atoms with van der Waals surface area (Å²) in [6.45, 7) is 33.3. The fourth-order valence-electron chi connectivity index (χ4n) is 21.2. The molecule has 34 nitrogen and oxygen atoms in total. The van der Waals surface area contributed by atoms with E-state index < -0.39 is 57.5 Å². The summed E-state index contributed by atoms with van der Waals surface area (Å²) in [6, 6.07) is 11.4. The second-order valence-electron chi connectivity index (χ2n) is 39.1. The Morgan fingerprint density at radius 3 is 1.02 bits per heavy atom. The van der Waals surface area contributed by atoms with Gasteiger partial charge in [-0.1, -0.05) is 0 Å². The Morgan fingerprint density at radius 2 is 0.682 bits per heavy atom. The highest BCUT2D eigenvalue weighted by Gasteiger charge is 2.49. The number of nitrogen functional groups attached to an aromatic ring is 1. The molecule has 21 rings (SSSR count). The molecule has 8 atom stereocenters. The zero-order valence-electron chi connectivity index (χ0n) is 74.5. The average Bonchev–Trinajstić information content (AvgIpc) is 1.70. The van der Waals surface area contributed by atoms with Crippen molar-refractivity contribution in [2.75, 3.05) is 63.8 Å². The molecule has 11 aliphatic rings. The van der Waals surface area contributed by atoms with Gasteiger partial charge >= 0.3 is 0 Å². The molecule has 10 aromatic rings. The van der Waals surface area contributed by atoms with Crippen LogP contribution in [0.2, 0.25) is 10.6 Å². The first-order chi connectivity index (χ1) is 61.1. The molecule has 43 heteroatoms. The van der Waals surface area contributed by atoms with Gasteiger partial charge in [0.05, 0.1) is 30.5 Å². The normalized spacial score (nSPS) is 24.5. The molecule has 0 bridgehead atoms. The molecule has 688 valence electrons. The highest BCUT2D eigenvalue weighted by Crippen LogP contribution is 2.48. The quantitative estimate of drug-likeness (QED) is 0.0339. The first-order valence-electron chi connectivity index (χ1n) is 43.9. The maximum atomic E-state index is 15.0. The second kappa shape index (κ2) is 34.8. The lowest BCUT2D eigenvalue weighted by atomic mass is 9.84. The van der Waals surface area contributed by atoms with Crippen LogP contribution in [0.5, 0.6) is 17.2 Å². The predicted molar refractivity (Wildman–Crippen MR) is 469 cm³/mol. The van der Waals surface area contributed by atoms with Gasteiger partial charge in [0.1, 0.15) is 28.6 Å². The molecule has 0 aliphatic carbocycles. The van der Waals surface area contributed by atoms with Crippen LogP contribution in [0.3, 0.4) is 0 Å². The zero-order valence-corrected chi connectivity index (χ0v) is 76.0. The van der Waals surface area contributed by atoms with E-state index in [1.54, 1.807) is 39.8 Å². The number of aromatic nitrogens is 20. The van der Waals surface area contributed by atoms with E-state index in [9.17, 15) is 22.0 Å². The lowest BCUT2D eigenvalue weighted by molar-refractivity contribution is 0.0498. The van der Waals surface area contributed by atoms with Crippen molar-refractivity contribution in [2.24, 2.45) is 0 Å². The summed E-state index contributed by atoms with van der Waals surface area (Å²) in [7, 11) is 0. The number of benzene rings is 3. The van der Waals surface area contributed by atoms with Gasteiger partial charge in [0.2, 0.25) is 22.5 Å². The number of hydrogen-bond acceptors (Lipinski definition) is 31. The van der Waals surface area contributed by atoms with E-state index in [1.807, 2.05) is 13.8 Å². The molecule has 18 heterocycles.